The van der Waals surface area contributed by atoms with Crippen molar-refractivity contribution in [2.24, 2.45) is 5.84 Å². The normalized spacial score (nSPS) is 12.9. The maximum absolute atomic E-state index is 11.8. The zero-order valence-corrected chi connectivity index (χ0v) is 10.7. The molecule has 1 rings (SSSR count). The average molecular weight is 279 g/mol. The van der Waals surface area contributed by atoms with E-state index in [1.165, 1.54) is 0 Å². The highest BCUT2D eigenvalue weighted by Gasteiger charge is 2.09. The third-order valence-electron chi connectivity index (χ3n) is 2.49. The Labute approximate surface area is 110 Å². The van der Waals surface area contributed by atoms with Crippen LogP contribution < -0.4 is 11.3 Å². The van der Waals surface area contributed by atoms with Crippen LogP contribution in [0.25, 0.3) is 0 Å². The molecule has 0 aliphatic carbocycles. The number of alkyl halides is 2. The summed E-state index contributed by atoms with van der Waals surface area (Å²) in [6.45, 7) is -0.273. The lowest BCUT2D eigenvalue weighted by Gasteiger charge is -2.16. The summed E-state index contributed by atoms with van der Waals surface area (Å²) in [6, 6.07) is 7.42. The Morgan fingerprint density at radius 2 is 1.94 bits per heavy atom. The number of benzene rings is 1. The third kappa shape index (κ3) is 6.26. The average Bonchev–Trinajstić information content (AvgIpc) is 2.35. The molecule has 1 aromatic rings. The smallest absolute Gasteiger partial charge is 0.261 e. The molecule has 0 amide bonds. The lowest BCUT2D eigenvalue weighted by molar-refractivity contribution is 0.0144. The third-order valence-corrected chi connectivity index (χ3v) is 2.74. The molecule has 0 saturated heterocycles. The monoisotopic (exact) mass is 278 g/mol. The van der Waals surface area contributed by atoms with E-state index in [0.29, 0.717) is 17.9 Å². The summed E-state index contributed by atoms with van der Waals surface area (Å²) >= 11 is 5.78. The topological polar surface area (TPSA) is 47.3 Å². The van der Waals surface area contributed by atoms with Crippen LogP contribution >= 0.6 is 11.6 Å². The Bertz CT molecular complexity index is 335. The molecular formula is C12H17ClF2N2O. The van der Waals surface area contributed by atoms with Crippen molar-refractivity contribution in [3.63, 3.8) is 0 Å². The quantitative estimate of drug-likeness (QED) is 0.436. The predicted molar refractivity (Wildman–Crippen MR) is 67.7 cm³/mol. The van der Waals surface area contributed by atoms with Gasteiger partial charge in [-0.3, -0.25) is 11.3 Å². The molecule has 3 N–H and O–H groups in total. The van der Waals surface area contributed by atoms with Crippen LogP contribution in [0.3, 0.4) is 0 Å². The lowest BCUT2D eigenvalue weighted by Crippen LogP contribution is -2.37. The molecule has 1 unspecified atom stereocenters. The van der Waals surface area contributed by atoms with E-state index in [-0.39, 0.29) is 12.6 Å². The Hall–Kier alpha value is -0.750. The van der Waals surface area contributed by atoms with Crippen LogP contribution in [-0.4, -0.2) is 25.7 Å². The van der Waals surface area contributed by atoms with E-state index in [0.717, 1.165) is 5.56 Å². The largest absolute Gasteiger partial charge is 0.375 e. The maximum atomic E-state index is 11.8. The van der Waals surface area contributed by atoms with Crippen LogP contribution in [-0.2, 0) is 11.2 Å². The number of halogens is 3. The van der Waals surface area contributed by atoms with Gasteiger partial charge in [0.15, 0.2) is 0 Å². The van der Waals surface area contributed by atoms with Gasteiger partial charge >= 0.3 is 0 Å². The minimum absolute atomic E-state index is 0.0103. The van der Waals surface area contributed by atoms with Gasteiger partial charge < -0.3 is 4.74 Å². The summed E-state index contributed by atoms with van der Waals surface area (Å²) in [5.74, 6) is 5.41. The summed E-state index contributed by atoms with van der Waals surface area (Å²) in [5, 5.41) is 0.677. The number of hydrogen-bond acceptors (Lipinski definition) is 3. The number of nitrogens with two attached hydrogens (primary N) is 1. The molecular weight excluding hydrogens is 262 g/mol. The van der Waals surface area contributed by atoms with Crippen molar-refractivity contribution in [2.75, 3.05) is 13.2 Å². The molecule has 0 radical (unpaired) electrons. The van der Waals surface area contributed by atoms with E-state index >= 15 is 0 Å². The molecule has 0 spiro atoms. The molecule has 0 heterocycles. The van der Waals surface area contributed by atoms with Gasteiger partial charge in [0.2, 0.25) is 0 Å². The highest BCUT2D eigenvalue weighted by Crippen LogP contribution is 2.12. The summed E-state index contributed by atoms with van der Waals surface area (Å²) in [6.07, 6.45) is -1.15. The van der Waals surface area contributed by atoms with Gasteiger partial charge in [-0.25, -0.2) is 8.78 Å². The number of hydrogen-bond donors (Lipinski definition) is 2. The van der Waals surface area contributed by atoms with Gasteiger partial charge in [0.25, 0.3) is 6.43 Å². The second kappa shape index (κ2) is 8.37. The van der Waals surface area contributed by atoms with Crippen molar-refractivity contribution >= 4 is 11.6 Å². The minimum Gasteiger partial charge on any atom is -0.375 e. The Balaban J connectivity index is 2.30. The van der Waals surface area contributed by atoms with Gasteiger partial charge in [0, 0.05) is 17.7 Å². The maximum Gasteiger partial charge on any atom is 0.261 e. The number of nitrogens with one attached hydrogen (secondary N) is 1. The fraction of sp³-hybridized carbons (Fsp3) is 0.500. The zero-order chi connectivity index (χ0) is 13.4. The molecule has 102 valence electrons. The molecule has 18 heavy (non-hydrogen) atoms. The van der Waals surface area contributed by atoms with Crippen molar-refractivity contribution in [1.29, 1.82) is 0 Å². The molecule has 0 aliphatic heterocycles. The molecule has 0 saturated carbocycles. The van der Waals surface area contributed by atoms with Crippen molar-refractivity contribution < 1.29 is 13.5 Å². The van der Waals surface area contributed by atoms with Gasteiger partial charge in [-0.2, -0.15) is 0 Å². The Morgan fingerprint density at radius 3 is 2.50 bits per heavy atom. The van der Waals surface area contributed by atoms with E-state index in [1.807, 2.05) is 12.1 Å². The zero-order valence-electron chi connectivity index (χ0n) is 9.91. The van der Waals surface area contributed by atoms with Crippen molar-refractivity contribution in [3.8, 4) is 0 Å². The fourth-order valence-electron chi connectivity index (χ4n) is 1.55. The predicted octanol–water partition coefficient (Wildman–Crippen LogP) is 2.39. The summed E-state index contributed by atoms with van der Waals surface area (Å²) in [4.78, 5) is 0. The first-order chi connectivity index (χ1) is 8.61. The Kier molecular flexibility index (Phi) is 7.12. The van der Waals surface area contributed by atoms with Crippen molar-refractivity contribution in [3.05, 3.63) is 34.9 Å². The van der Waals surface area contributed by atoms with Crippen LogP contribution in [0.1, 0.15) is 12.0 Å². The summed E-state index contributed by atoms with van der Waals surface area (Å²) in [5.41, 5.74) is 3.73. The van der Waals surface area contributed by atoms with Gasteiger partial charge in [-0.15, -0.1) is 0 Å². The molecule has 1 aromatic carbocycles. The van der Waals surface area contributed by atoms with Crippen LogP contribution in [0, 0.1) is 0 Å². The number of hydrazine groups is 1. The van der Waals surface area contributed by atoms with Crippen LogP contribution in [0.5, 0.6) is 0 Å². The SMILES string of the molecule is NNC(CCOCC(F)F)Cc1ccc(Cl)cc1. The minimum atomic E-state index is -2.43. The van der Waals surface area contributed by atoms with Gasteiger partial charge in [-0.05, 0) is 30.5 Å². The van der Waals surface area contributed by atoms with Gasteiger partial charge in [0.05, 0.1) is 0 Å². The van der Waals surface area contributed by atoms with Crippen molar-refractivity contribution in [2.45, 2.75) is 25.3 Å². The summed E-state index contributed by atoms with van der Waals surface area (Å²) in [7, 11) is 0. The highest BCUT2D eigenvalue weighted by molar-refractivity contribution is 6.30. The van der Waals surface area contributed by atoms with Crippen LogP contribution in [0.4, 0.5) is 8.78 Å². The standard InChI is InChI=1S/C12H17ClF2N2O/c13-10-3-1-9(2-4-10)7-11(17-16)5-6-18-8-12(14)15/h1-4,11-12,17H,5-8,16H2. The first kappa shape index (κ1) is 15.3. The van der Waals surface area contributed by atoms with Crippen molar-refractivity contribution in [1.82, 2.24) is 5.43 Å². The van der Waals surface area contributed by atoms with Crippen LogP contribution in [0.2, 0.25) is 5.02 Å². The van der Waals surface area contributed by atoms with Gasteiger partial charge in [-0.1, -0.05) is 23.7 Å². The molecule has 0 aliphatic rings. The molecule has 3 nitrogen and oxygen atoms in total. The number of rotatable bonds is 8. The van der Waals surface area contributed by atoms with Gasteiger partial charge in [0.1, 0.15) is 6.61 Å². The molecule has 6 heteroatoms. The van der Waals surface area contributed by atoms with E-state index in [1.54, 1.807) is 12.1 Å². The number of ether oxygens (including phenoxy) is 1. The fourth-order valence-corrected chi connectivity index (χ4v) is 1.67. The lowest BCUT2D eigenvalue weighted by atomic mass is 10.0. The molecule has 0 fully saturated rings. The Morgan fingerprint density at radius 1 is 1.28 bits per heavy atom. The van der Waals surface area contributed by atoms with E-state index in [2.05, 4.69) is 5.43 Å². The first-order valence-corrected chi connectivity index (χ1v) is 6.06. The molecule has 1 atom stereocenters. The highest BCUT2D eigenvalue weighted by atomic mass is 35.5. The molecule has 0 aromatic heterocycles. The summed E-state index contributed by atoms with van der Waals surface area (Å²) < 4.78 is 28.5. The van der Waals surface area contributed by atoms with Crippen LogP contribution in [0.15, 0.2) is 24.3 Å². The van der Waals surface area contributed by atoms with E-state index in [4.69, 9.17) is 22.2 Å². The second-order valence-corrected chi connectivity index (χ2v) is 4.39. The van der Waals surface area contributed by atoms with E-state index in [9.17, 15) is 8.78 Å². The van der Waals surface area contributed by atoms with E-state index < -0.39 is 13.0 Å². The molecule has 0 bridgehead atoms. The second-order valence-electron chi connectivity index (χ2n) is 3.95. The first-order valence-electron chi connectivity index (χ1n) is 5.68.